The molecule has 1 saturated carbocycles. The average Bonchev–Trinajstić information content (AvgIpc) is 2.80. The van der Waals surface area contributed by atoms with Crippen LogP contribution in [0.25, 0.3) is 0 Å². The molecular formula is C12H14O3. The van der Waals surface area contributed by atoms with Crippen LogP contribution in [0.4, 0.5) is 0 Å². The van der Waals surface area contributed by atoms with Gasteiger partial charge in [0.2, 0.25) is 0 Å². The molecule has 1 spiro atoms. The van der Waals surface area contributed by atoms with Gasteiger partial charge in [-0.3, -0.25) is 4.79 Å². The molecule has 0 aromatic carbocycles. The standard InChI is InChI=1S/C12H14O3/c1-7-6-8-2-3-12(4-5-12)9(11(13)14)10(8)15-7/h6,9H,2-5H2,1H3,(H,13,14). The summed E-state index contributed by atoms with van der Waals surface area (Å²) < 4.78 is 5.57. The first kappa shape index (κ1) is 9.01. The van der Waals surface area contributed by atoms with Crippen molar-refractivity contribution in [3.05, 3.63) is 23.2 Å². The van der Waals surface area contributed by atoms with Crippen molar-refractivity contribution in [3.63, 3.8) is 0 Å². The van der Waals surface area contributed by atoms with Crippen LogP contribution in [0.1, 0.15) is 42.3 Å². The van der Waals surface area contributed by atoms with E-state index in [1.807, 2.05) is 13.0 Å². The van der Waals surface area contributed by atoms with E-state index >= 15 is 0 Å². The monoisotopic (exact) mass is 206 g/mol. The number of carbonyl (C=O) groups is 1. The molecule has 0 radical (unpaired) electrons. The molecule has 0 aliphatic heterocycles. The van der Waals surface area contributed by atoms with Gasteiger partial charge in [0.1, 0.15) is 17.4 Å². The van der Waals surface area contributed by atoms with E-state index in [2.05, 4.69) is 0 Å². The van der Waals surface area contributed by atoms with Gasteiger partial charge >= 0.3 is 5.97 Å². The van der Waals surface area contributed by atoms with Crippen LogP contribution in [0.5, 0.6) is 0 Å². The van der Waals surface area contributed by atoms with Crippen molar-refractivity contribution in [1.82, 2.24) is 0 Å². The maximum atomic E-state index is 11.3. The van der Waals surface area contributed by atoms with Crippen molar-refractivity contribution in [1.29, 1.82) is 0 Å². The van der Waals surface area contributed by atoms with Crippen LogP contribution < -0.4 is 0 Å². The molecule has 0 amide bonds. The van der Waals surface area contributed by atoms with Crippen LogP contribution in [0.15, 0.2) is 10.5 Å². The Bertz CT molecular complexity index is 426. The number of aryl methyl sites for hydroxylation is 2. The van der Waals surface area contributed by atoms with Crippen molar-refractivity contribution in [2.75, 3.05) is 0 Å². The summed E-state index contributed by atoms with van der Waals surface area (Å²) >= 11 is 0. The fourth-order valence-electron chi connectivity index (χ4n) is 2.90. The summed E-state index contributed by atoms with van der Waals surface area (Å²) in [5.74, 6) is 0.449. The molecule has 0 saturated heterocycles. The zero-order valence-electron chi connectivity index (χ0n) is 8.75. The van der Waals surface area contributed by atoms with E-state index in [1.165, 1.54) is 0 Å². The molecule has 1 heterocycles. The quantitative estimate of drug-likeness (QED) is 0.768. The highest BCUT2D eigenvalue weighted by molar-refractivity contribution is 5.78. The summed E-state index contributed by atoms with van der Waals surface area (Å²) in [6.07, 6.45) is 4.08. The lowest BCUT2D eigenvalue weighted by atomic mass is 9.76. The van der Waals surface area contributed by atoms with E-state index in [0.717, 1.165) is 42.8 Å². The second-order valence-electron chi connectivity index (χ2n) is 4.88. The normalized spacial score (nSPS) is 26.3. The minimum atomic E-state index is -0.720. The van der Waals surface area contributed by atoms with Gasteiger partial charge in [0.15, 0.2) is 0 Å². The van der Waals surface area contributed by atoms with Crippen LogP contribution in [0.3, 0.4) is 0 Å². The highest BCUT2D eigenvalue weighted by Crippen LogP contribution is 2.62. The number of furan rings is 1. The van der Waals surface area contributed by atoms with Gasteiger partial charge in [-0.25, -0.2) is 0 Å². The van der Waals surface area contributed by atoms with Gasteiger partial charge in [-0.2, -0.15) is 0 Å². The van der Waals surface area contributed by atoms with Crippen molar-refractivity contribution in [3.8, 4) is 0 Å². The van der Waals surface area contributed by atoms with Crippen LogP contribution in [-0.2, 0) is 11.2 Å². The Morgan fingerprint density at radius 2 is 2.27 bits per heavy atom. The second-order valence-corrected chi connectivity index (χ2v) is 4.88. The minimum Gasteiger partial charge on any atom is -0.481 e. The van der Waals surface area contributed by atoms with E-state index in [0.29, 0.717) is 0 Å². The van der Waals surface area contributed by atoms with Crippen molar-refractivity contribution >= 4 is 5.97 Å². The maximum Gasteiger partial charge on any atom is 0.314 e. The Labute approximate surface area is 88.1 Å². The van der Waals surface area contributed by atoms with Gasteiger partial charge in [-0.1, -0.05) is 0 Å². The molecule has 3 heteroatoms. The molecule has 80 valence electrons. The van der Waals surface area contributed by atoms with Crippen LogP contribution in [0, 0.1) is 12.3 Å². The second kappa shape index (κ2) is 2.65. The predicted octanol–water partition coefficient (Wildman–Crippen LogP) is 2.48. The number of rotatable bonds is 1. The number of aliphatic carboxylic acids is 1. The molecule has 2 aliphatic rings. The van der Waals surface area contributed by atoms with E-state index in [4.69, 9.17) is 4.42 Å². The maximum absolute atomic E-state index is 11.3. The van der Waals surface area contributed by atoms with E-state index in [-0.39, 0.29) is 5.41 Å². The summed E-state index contributed by atoms with van der Waals surface area (Å²) in [4.78, 5) is 11.3. The summed E-state index contributed by atoms with van der Waals surface area (Å²) in [7, 11) is 0. The lowest BCUT2D eigenvalue weighted by Crippen LogP contribution is -2.27. The van der Waals surface area contributed by atoms with Gasteiger partial charge < -0.3 is 9.52 Å². The van der Waals surface area contributed by atoms with Crippen molar-refractivity contribution in [2.45, 2.75) is 38.5 Å². The smallest absolute Gasteiger partial charge is 0.314 e. The number of fused-ring (bicyclic) bond motifs is 1. The first-order chi connectivity index (χ1) is 7.12. The van der Waals surface area contributed by atoms with E-state index in [1.54, 1.807) is 0 Å². The van der Waals surface area contributed by atoms with Gasteiger partial charge in [-0.15, -0.1) is 0 Å². The average molecular weight is 206 g/mol. The molecule has 2 aliphatic carbocycles. The van der Waals surface area contributed by atoms with Gasteiger partial charge in [-0.05, 0) is 49.7 Å². The first-order valence-corrected chi connectivity index (χ1v) is 5.44. The van der Waals surface area contributed by atoms with Gasteiger partial charge in [0.05, 0.1) is 0 Å². The summed E-state index contributed by atoms with van der Waals surface area (Å²) in [6.45, 7) is 1.89. The molecule has 0 bridgehead atoms. The van der Waals surface area contributed by atoms with Crippen LogP contribution >= 0.6 is 0 Å². The Morgan fingerprint density at radius 3 is 2.87 bits per heavy atom. The van der Waals surface area contributed by atoms with Gasteiger partial charge in [0.25, 0.3) is 0 Å². The van der Waals surface area contributed by atoms with E-state index in [9.17, 15) is 9.90 Å². The van der Waals surface area contributed by atoms with Crippen molar-refractivity contribution < 1.29 is 14.3 Å². The minimum absolute atomic E-state index is 0.0309. The molecule has 3 rings (SSSR count). The molecule has 1 N–H and O–H groups in total. The predicted molar refractivity (Wildman–Crippen MR) is 53.8 cm³/mol. The first-order valence-electron chi connectivity index (χ1n) is 5.44. The molecular weight excluding hydrogens is 192 g/mol. The lowest BCUT2D eigenvalue weighted by molar-refractivity contribution is -0.141. The molecule has 1 aromatic rings. The molecule has 3 nitrogen and oxygen atoms in total. The highest BCUT2D eigenvalue weighted by Gasteiger charge is 2.56. The Morgan fingerprint density at radius 1 is 1.53 bits per heavy atom. The molecule has 1 unspecified atom stereocenters. The Kier molecular flexibility index (Phi) is 1.59. The SMILES string of the molecule is Cc1cc2c(o1)C(C(=O)O)C1(CC2)CC1. The Hall–Kier alpha value is -1.25. The largest absolute Gasteiger partial charge is 0.481 e. The summed E-state index contributed by atoms with van der Waals surface area (Å²) in [6, 6.07) is 1.99. The highest BCUT2D eigenvalue weighted by atomic mass is 16.4. The fourth-order valence-corrected chi connectivity index (χ4v) is 2.90. The zero-order valence-corrected chi connectivity index (χ0v) is 8.75. The van der Waals surface area contributed by atoms with Crippen LogP contribution in [0.2, 0.25) is 0 Å². The third-order valence-electron chi connectivity index (χ3n) is 3.87. The molecule has 1 atom stereocenters. The molecule has 1 fully saturated rings. The number of carboxylic acid groups (broad SMARTS) is 1. The van der Waals surface area contributed by atoms with E-state index < -0.39 is 11.9 Å². The molecule has 1 aromatic heterocycles. The topological polar surface area (TPSA) is 50.4 Å². The lowest BCUT2D eigenvalue weighted by Gasteiger charge is -2.27. The van der Waals surface area contributed by atoms with Crippen molar-refractivity contribution in [2.24, 2.45) is 5.41 Å². The zero-order chi connectivity index (χ0) is 10.6. The summed E-state index contributed by atoms with van der Waals surface area (Å²) in [5.41, 5.74) is 1.14. The third-order valence-corrected chi connectivity index (χ3v) is 3.87. The number of carboxylic acids is 1. The Balaban J connectivity index is 2.11. The molecule has 15 heavy (non-hydrogen) atoms. The number of hydrogen-bond acceptors (Lipinski definition) is 2. The third kappa shape index (κ3) is 1.15. The number of hydrogen-bond donors (Lipinski definition) is 1. The summed E-state index contributed by atoms with van der Waals surface area (Å²) in [5, 5.41) is 9.31. The van der Waals surface area contributed by atoms with Gasteiger partial charge in [0, 0.05) is 0 Å². The van der Waals surface area contributed by atoms with Crippen LogP contribution in [-0.4, -0.2) is 11.1 Å². The fraction of sp³-hybridized carbons (Fsp3) is 0.583.